The van der Waals surface area contributed by atoms with Gasteiger partial charge in [0.15, 0.2) is 0 Å². The molecule has 0 heterocycles. The third-order valence-electron chi connectivity index (χ3n) is 2.81. The Bertz CT molecular complexity index is 645. The molecule has 0 spiro atoms. The maximum absolute atomic E-state index is 11.9. The van der Waals surface area contributed by atoms with Crippen molar-refractivity contribution in [1.82, 2.24) is 0 Å². The lowest BCUT2D eigenvalue weighted by atomic mass is 10.3. The molecule has 5 nitrogen and oxygen atoms in total. The number of nitrogens with one attached hydrogen (secondary N) is 2. The topological polar surface area (TPSA) is 67.4 Å². The van der Waals surface area contributed by atoms with E-state index in [0.29, 0.717) is 12.3 Å². The number of benzene rings is 2. The summed E-state index contributed by atoms with van der Waals surface area (Å²) in [4.78, 5) is 24.1. The summed E-state index contributed by atoms with van der Waals surface area (Å²) in [5.41, 5.74) is 1.41. The van der Waals surface area contributed by atoms with Crippen molar-refractivity contribution in [2.45, 2.75) is 11.8 Å². The van der Waals surface area contributed by atoms with Gasteiger partial charge in [-0.2, -0.15) is 0 Å². The maximum Gasteiger partial charge on any atom is 0.323 e. The zero-order chi connectivity index (χ0) is 16.5. The van der Waals surface area contributed by atoms with E-state index in [9.17, 15) is 9.59 Å². The fourth-order valence-corrected chi connectivity index (χ4v) is 2.49. The van der Waals surface area contributed by atoms with Crippen LogP contribution in [0.15, 0.2) is 59.5 Å². The molecule has 2 aromatic carbocycles. The van der Waals surface area contributed by atoms with E-state index in [1.165, 1.54) is 11.8 Å². The van der Waals surface area contributed by atoms with E-state index in [1.54, 1.807) is 19.1 Å². The number of urea groups is 1. The zero-order valence-electron chi connectivity index (χ0n) is 12.7. The van der Waals surface area contributed by atoms with Crippen LogP contribution in [-0.2, 0) is 9.53 Å². The highest BCUT2D eigenvalue weighted by Gasteiger charge is 2.05. The van der Waals surface area contributed by atoms with Gasteiger partial charge in [0, 0.05) is 16.3 Å². The Balaban J connectivity index is 1.82. The second-order valence-electron chi connectivity index (χ2n) is 4.56. The van der Waals surface area contributed by atoms with E-state index in [-0.39, 0.29) is 17.8 Å². The Labute approximate surface area is 139 Å². The molecule has 0 aliphatic rings. The van der Waals surface area contributed by atoms with Gasteiger partial charge in [-0.1, -0.05) is 18.2 Å². The molecule has 2 aromatic rings. The summed E-state index contributed by atoms with van der Waals surface area (Å²) in [5, 5.41) is 5.49. The lowest BCUT2D eigenvalue weighted by molar-refractivity contribution is -0.139. The largest absolute Gasteiger partial charge is 0.465 e. The fraction of sp³-hybridized carbons (Fsp3) is 0.176. The van der Waals surface area contributed by atoms with Crippen LogP contribution in [-0.4, -0.2) is 24.4 Å². The van der Waals surface area contributed by atoms with Crippen LogP contribution in [0.3, 0.4) is 0 Å². The number of anilines is 2. The molecule has 0 aromatic heterocycles. The summed E-state index contributed by atoms with van der Waals surface area (Å²) < 4.78 is 4.87. The van der Waals surface area contributed by atoms with Gasteiger partial charge in [-0.3, -0.25) is 4.79 Å². The molecule has 0 atom stereocenters. The normalized spacial score (nSPS) is 9.96. The van der Waals surface area contributed by atoms with Crippen LogP contribution < -0.4 is 10.6 Å². The number of carbonyl (C=O) groups excluding carboxylic acids is 2. The molecule has 120 valence electrons. The van der Waals surface area contributed by atoms with E-state index in [1.807, 2.05) is 42.5 Å². The smallest absolute Gasteiger partial charge is 0.323 e. The molecule has 0 radical (unpaired) electrons. The lowest BCUT2D eigenvalue weighted by Gasteiger charge is -2.08. The Hall–Kier alpha value is -2.47. The van der Waals surface area contributed by atoms with Crippen molar-refractivity contribution in [3.63, 3.8) is 0 Å². The maximum atomic E-state index is 11.9. The van der Waals surface area contributed by atoms with Crippen LogP contribution in [0.1, 0.15) is 6.92 Å². The van der Waals surface area contributed by atoms with E-state index in [0.717, 1.165) is 10.6 Å². The predicted molar refractivity (Wildman–Crippen MR) is 92.9 cm³/mol. The average Bonchev–Trinajstić information content (AvgIpc) is 2.55. The summed E-state index contributed by atoms with van der Waals surface area (Å²) in [6.45, 7) is 2.17. The zero-order valence-corrected chi connectivity index (χ0v) is 13.6. The van der Waals surface area contributed by atoms with Gasteiger partial charge in [-0.25, -0.2) is 4.79 Å². The van der Waals surface area contributed by atoms with Crippen molar-refractivity contribution in [2.75, 3.05) is 23.0 Å². The number of carbonyl (C=O) groups is 2. The first kappa shape index (κ1) is 16.9. The molecule has 2 N–H and O–H groups in total. The summed E-state index contributed by atoms with van der Waals surface area (Å²) >= 11 is 1.40. The minimum absolute atomic E-state index is 0.234. The molecule has 23 heavy (non-hydrogen) atoms. The number of hydrogen-bond acceptors (Lipinski definition) is 4. The molecule has 0 fully saturated rings. The molecule has 2 rings (SSSR count). The number of thioether (sulfide) groups is 1. The van der Waals surface area contributed by atoms with E-state index in [4.69, 9.17) is 4.74 Å². The third kappa shape index (κ3) is 6.04. The van der Waals surface area contributed by atoms with Crippen LogP contribution in [0.25, 0.3) is 0 Å². The van der Waals surface area contributed by atoms with Gasteiger partial charge in [0.2, 0.25) is 0 Å². The van der Waals surface area contributed by atoms with Gasteiger partial charge in [-0.15, -0.1) is 11.8 Å². The van der Waals surface area contributed by atoms with E-state index in [2.05, 4.69) is 10.6 Å². The Morgan fingerprint density at radius 3 is 2.17 bits per heavy atom. The summed E-state index contributed by atoms with van der Waals surface area (Å²) in [6.07, 6.45) is 0. The van der Waals surface area contributed by atoms with Gasteiger partial charge in [0.05, 0.1) is 12.4 Å². The van der Waals surface area contributed by atoms with E-state index >= 15 is 0 Å². The number of para-hydroxylation sites is 1. The standard InChI is InChI=1S/C17H18N2O3S/c1-2-22-16(20)12-23-15-10-8-14(9-11-15)19-17(21)18-13-6-4-3-5-7-13/h3-11H,2,12H2,1H3,(H2,18,19,21). The monoisotopic (exact) mass is 330 g/mol. The minimum atomic E-state index is -0.303. The molecular weight excluding hydrogens is 312 g/mol. The summed E-state index contributed by atoms with van der Waals surface area (Å²) in [6, 6.07) is 16.2. The Kier molecular flexibility index (Phi) is 6.50. The van der Waals surface area contributed by atoms with Crippen molar-refractivity contribution < 1.29 is 14.3 Å². The summed E-state index contributed by atoms with van der Waals surface area (Å²) in [7, 11) is 0. The number of amides is 2. The summed E-state index contributed by atoms with van der Waals surface area (Å²) in [5.74, 6) is 0.0386. The molecule has 0 saturated heterocycles. The second kappa shape index (κ2) is 8.85. The highest BCUT2D eigenvalue weighted by atomic mass is 32.2. The highest BCUT2D eigenvalue weighted by Crippen LogP contribution is 2.20. The molecule has 0 aliphatic carbocycles. The lowest BCUT2D eigenvalue weighted by Crippen LogP contribution is -2.19. The number of hydrogen-bond donors (Lipinski definition) is 2. The first-order valence-corrected chi connectivity index (χ1v) is 8.17. The second-order valence-corrected chi connectivity index (χ2v) is 5.61. The molecule has 0 unspecified atom stereocenters. The van der Waals surface area contributed by atoms with Gasteiger partial charge in [0.1, 0.15) is 0 Å². The molecular formula is C17H18N2O3S. The third-order valence-corrected chi connectivity index (χ3v) is 3.79. The van der Waals surface area contributed by atoms with Crippen LogP contribution >= 0.6 is 11.8 Å². The SMILES string of the molecule is CCOC(=O)CSc1ccc(NC(=O)Nc2ccccc2)cc1. The van der Waals surface area contributed by atoms with Crippen molar-refractivity contribution in [2.24, 2.45) is 0 Å². The molecule has 0 saturated carbocycles. The molecule has 0 aliphatic heterocycles. The van der Waals surface area contributed by atoms with Crippen LogP contribution in [0, 0.1) is 0 Å². The van der Waals surface area contributed by atoms with Gasteiger partial charge < -0.3 is 15.4 Å². The first-order chi connectivity index (χ1) is 11.2. The van der Waals surface area contributed by atoms with Crippen molar-refractivity contribution in [1.29, 1.82) is 0 Å². The minimum Gasteiger partial charge on any atom is -0.465 e. The van der Waals surface area contributed by atoms with Crippen molar-refractivity contribution in [3.8, 4) is 0 Å². The fourth-order valence-electron chi connectivity index (χ4n) is 1.79. The first-order valence-electron chi connectivity index (χ1n) is 7.19. The van der Waals surface area contributed by atoms with Crippen LogP contribution in [0.4, 0.5) is 16.2 Å². The Morgan fingerprint density at radius 2 is 1.57 bits per heavy atom. The van der Waals surface area contributed by atoms with Gasteiger partial charge in [0.25, 0.3) is 0 Å². The number of ether oxygens (including phenoxy) is 1. The predicted octanol–water partition coefficient (Wildman–Crippen LogP) is 3.99. The van der Waals surface area contributed by atoms with Crippen LogP contribution in [0.2, 0.25) is 0 Å². The average molecular weight is 330 g/mol. The van der Waals surface area contributed by atoms with Crippen LogP contribution in [0.5, 0.6) is 0 Å². The Morgan fingerprint density at radius 1 is 0.957 bits per heavy atom. The quantitative estimate of drug-likeness (QED) is 0.621. The number of rotatable bonds is 6. The van der Waals surface area contributed by atoms with Gasteiger partial charge in [-0.05, 0) is 43.3 Å². The number of esters is 1. The molecule has 2 amide bonds. The highest BCUT2D eigenvalue weighted by molar-refractivity contribution is 8.00. The van der Waals surface area contributed by atoms with Crippen molar-refractivity contribution in [3.05, 3.63) is 54.6 Å². The van der Waals surface area contributed by atoms with E-state index < -0.39 is 0 Å². The molecule has 6 heteroatoms. The molecule has 0 bridgehead atoms. The van der Waals surface area contributed by atoms with Crippen molar-refractivity contribution >= 4 is 35.1 Å². The van der Waals surface area contributed by atoms with Gasteiger partial charge >= 0.3 is 12.0 Å².